The summed E-state index contributed by atoms with van der Waals surface area (Å²) < 4.78 is 2.65. The molecule has 7 aromatic rings. The van der Waals surface area contributed by atoms with Gasteiger partial charge in [-0.2, -0.15) is 0 Å². The zero-order valence-electron chi connectivity index (χ0n) is 19.1. The molecule has 1 aliphatic heterocycles. The van der Waals surface area contributed by atoms with E-state index < -0.39 is 0 Å². The Morgan fingerprint density at radius 3 is 2.06 bits per heavy atom. The van der Waals surface area contributed by atoms with Gasteiger partial charge in [-0.05, 0) is 64.0 Å². The van der Waals surface area contributed by atoms with Crippen molar-refractivity contribution < 1.29 is 0 Å². The molecule has 3 aromatic heterocycles. The summed E-state index contributed by atoms with van der Waals surface area (Å²) in [5.74, 6) is 0. The lowest BCUT2D eigenvalue weighted by Crippen LogP contribution is -1.94. The maximum atomic E-state index is 4.31. The molecule has 4 aromatic carbocycles. The molecule has 4 heterocycles. The molecular formula is C32H18N2S2. The standard InChI is InChI=1S/C32H18N2S2/c1-6-25-31-24-11-9-20(22-5-3-13-34-18-22)15-29(24)36-30(31)16-26-23-10-8-19(21-4-2-12-33-17-21)14-28(23)35-27(7-1)32(25)26/h1-18H. The van der Waals surface area contributed by atoms with Gasteiger partial charge in [-0.1, -0.05) is 60.3 Å². The first-order valence-corrected chi connectivity index (χ1v) is 13.5. The van der Waals surface area contributed by atoms with Crippen molar-refractivity contribution in [2.24, 2.45) is 0 Å². The minimum atomic E-state index is 1.15. The molecule has 2 nitrogen and oxygen atoms in total. The van der Waals surface area contributed by atoms with E-state index in [2.05, 4.69) is 82.8 Å². The molecule has 8 rings (SSSR count). The van der Waals surface area contributed by atoms with E-state index in [1.165, 1.54) is 63.0 Å². The van der Waals surface area contributed by atoms with Gasteiger partial charge in [-0.3, -0.25) is 9.97 Å². The van der Waals surface area contributed by atoms with Crippen LogP contribution in [0.3, 0.4) is 0 Å². The van der Waals surface area contributed by atoms with Crippen LogP contribution >= 0.6 is 23.1 Å². The van der Waals surface area contributed by atoms with Crippen molar-refractivity contribution in [2.75, 3.05) is 0 Å². The Bertz CT molecular complexity index is 1960. The van der Waals surface area contributed by atoms with E-state index in [4.69, 9.17) is 0 Å². The highest BCUT2D eigenvalue weighted by molar-refractivity contribution is 7.99. The molecule has 36 heavy (non-hydrogen) atoms. The first-order valence-electron chi connectivity index (χ1n) is 11.9. The molecule has 1 aliphatic rings. The van der Waals surface area contributed by atoms with Crippen LogP contribution in [0.25, 0.3) is 64.3 Å². The second-order valence-electron chi connectivity index (χ2n) is 9.09. The van der Waals surface area contributed by atoms with Gasteiger partial charge in [-0.15, -0.1) is 11.3 Å². The summed E-state index contributed by atoms with van der Waals surface area (Å²) >= 11 is 3.76. The summed E-state index contributed by atoms with van der Waals surface area (Å²) in [7, 11) is 0. The molecule has 4 heteroatoms. The zero-order valence-corrected chi connectivity index (χ0v) is 20.7. The van der Waals surface area contributed by atoms with Crippen LogP contribution in [0.4, 0.5) is 0 Å². The van der Waals surface area contributed by atoms with Crippen LogP contribution in [0.2, 0.25) is 0 Å². The fraction of sp³-hybridized carbons (Fsp3) is 0. The minimum Gasteiger partial charge on any atom is -0.264 e. The third kappa shape index (κ3) is 2.98. The lowest BCUT2D eigenvalue weighted by molar-refractivity contribution is 1.32. The Hall–Kier alpha value is -3.99. The highest BCUT2D eigenvalue weighted by Gasteiger charge is 2.23. The van der Waals surface area contributed by atoms with Crippen molar-refractivity contribution in [3.05, 3.63) is 110 Å². The Labute approximate surface area is 216 Å². The second kappa shape index (κ2) is 7.76. The Balaban J connectivity index is 1.37. The fourth-order valence-electron chi connectivity index (χ4n) is 5.39. The monoisotopic (exact) mass is 494 g/mol. The number of benzene rings is 4. The van der Waals surface area contributed by atoms with E-state index in [9.17, 15) is 0 Å². The van der Waals surface area contributed by atoms with Crippen LogP contribution in [-0.2, 0) is 0 Å². The number of hydrogen-bond donors (Lipinski definition) is 0. The summed E-state index contributed by atoms with van der Waals surface area (Å²) in [5.41, 5.74) is 7.35. The van der Waals surface area contributed by atoms with Crippen LogP contribution < -0.4 is 0 Å². The average Bonchev–Trinajstić information content (AvgIpc) is 3.32. The quantitative estimate of drug-likeness (QED) is 0.239. The molecule has 0 N–H and O–H groups in total. The third-order valence-electron chi connectivity index (χ3n) is 7.04. The van der Waals surface area contributed by atoms with Gasteiger partial charge in [0, 0.05) is 71.3 Å². The molecule has 0 saturated carbocycles. The summed E-state index contributed by atoms with van der Waals surface area (Å²) in [6, 6.07) is 31.1. The van der Waals surface area contributed by atoms with Gasteiger partial charge < -0.3 is 0 Å². The lowest BCUT2D eigenvalue weighted by atomic mass is 9.93. The summed E-state index contributed by atoms with van der Waals surface area (Å²) in [6.07, 6.45) is 7.52. The van der Waals surface area contributed by atoms with Gasteiger partial charge in [0.2, 0.25) is 0 Å². The number of thiophene rings is 1. The predicted molar refractivity (Wildman–Crippen MR) is 153 cm³/mol. The van der Waals surface area contributed by atoms with Crippen molar-refractivity contribution in [1.29, 1.82) is 0 Å². The Morgan fingerprint density at radius 1 is 0.500 bits per heavy atom. The Kier molecular flexibility index (Phi) is 4.36. The van der Waals surface area contributed by atoms with Gasteiger partial charge in [0.1, 0.15) is 0 Å². The fourth-order valence-corrected chi connectivity index (χ4v) is 7.77. The smallest absolute Gasteiger partial charge is 0.0368 e. The number of aromatic nitrogens is 2. The van der Waals surface area contributed by atoms with Crippen LogP contribution in [0, 0.1) is 0 Å². The first-order chi connectivity index (χ1) is 17.8. The summed E-state index contributed by atoms with van der Waals surface area (Å²) in [6.45, 7) is 0. The van der Waals surface area contributed by atoms with Gasteiger partial charge in [0.25, 0.3) is 0 Å². The molecule has 0 fully saturated rings. The first kappa shape index (κ1) is 20.2. The number of pyridine rings is 2. The highest BCUT2D eigenvalue weighted by atomic mass is 32.2. The van der Waals surface area contributed by atoms with Gasteiger partial charge in [-0.25, -0.2) is 0 Å². The molecule has 0 amide bonds. The van der Waals surface area contributed by atoms with Crippen molar-refractivity contribution in [1.82, 2.24) is 9.97 Å². The van der Waals surface area contributed by atoms with Gasteiger partial charge in [0.15, 0.2) is 0 Å². The van der Waals surface area contributed by atoms with Crippen LogP contribution in [-0.4, -0.2) is 9.97 Å². The highest BCUT2D eigenvalue weighted by Crippen LogP contribution is 2.52. The van der Waals surface area contributed by atoms with E-state index in [-0.39, 0.29) is 0 Å². The average molecular weight is 495 g/mol. The molecule has 0 radical (unpaired) electrons. The number of rotatable bonds is 2. The Morgan fingerprint density at radius 2 is 1.28 bits per heavy atom. The SMILES string of the molecule is c1cncc(-c2ccc3c(c2)Sc2cccc4c2c-3cc2sc3cc(-c5cccnc5)ccc3c24)c1. The second-order valence-corrected chi connectivity index (χ2v) is 11.3. The molecule has 168 valence electrons. The summed E-state index contributed by atoms with van der Waals surface area (Å²) in [5, 5.41) is 5.40. The van der Waals surface area contributed by atoms with E-state index in [0.717, 1.165) is 11.1 Å². The van der Waals surface area contributed by atoms with Crippen LogP contribution in [0.5, 0.6) is 0 Å². The van der Waals surface area contributed by atoms with E-state index in [1.807, 2.05) is 60.0 Å². The van der Waals surface area contributed by atoms with Crippen LogP contribution in [0.15, 0.2) is 120 Å². The van der Waals surface area contributed by atoms with Crippen molar-refractivity contribution in [3.63, 3.8) is 0 Å². The minimum absolute atomic E-state index is 1.15. The summed E-state index contributed by atoms with van der Waals surface area (Å²) in [4.78, 5) is 11.2. The van der Waals surface area contributed by atoms with E-state index >= 15 is 0 Å². The van der Waals surface area contributed by atoms with Crippen molar-refractivity contribution in [2.45, 2.75) is 9.79 Å². The van der Waals surface area contributed by atoms with Crippen molar-refractivity contribution >= 4 is 54.0 Å². The topological polar surface area (TPSA) is 25.8 Å². The van der Waals surface area contributed by atoms with Crippen LogP contribution in [0.1, 0.15) is 0 Å². The molecule has 0 spiro atoms. The van der Waals surface area contributed by atoms with E-state index in [1.54, 1.807) is 0 Å². The number of fused-ring (bicyclic) bond motifs is 6. The molecule has 0 atom stereocenters. The molecule has 0 bridgehead atoms. The number of hydrogen-bond acceptors (Lipinski definition) is 4. The van der Waals surface area contributed by atoms with Gasteiger partial charge >= 0.3 is 0 Å². The maximum absolute atomic E-state index is 4.31. The van der Waals surface area contributed by atoms with Crippen molar-refractivity contribution in [3.8, 4) is 33.4 Å². The van der Waals surface area contributed by atoms with E-state index in [0.29, 0.717) is 0 Å². The van der Waals surface area contributed by atoms with Gasteiger partial charge in [0.05, 0.1) is 0 Å². The largest absolute Gasteiger partial charge is 0.264 e. The molecular weight excluding hydrogens is 477 g/mol. The molecule has 0 saturated heterocycles. The maximum Gasteiger partial charge on any atom is 0.0368 e. The molecule has 0 aliphatic carbocycles. The zero-order chi connectivity index (χ0) is 23.6. The number of nitrogens with zero attached hydrogens (tertiary/aromatic N) is 2. The third-order valence-corrected chi connectivity index (χ3v) is 9.26. The lowest BCUT2D eigenvalue weighted by Gasteiger charge is -2.21. The molecule has 0 unspecified atom stereocenters. The normalized spacial score (nSPS) is 12.3. The predicted octanol–water partition coefficient (Wildman–Crippen LogP) is 9.46.